The van der Waals surface area contributed by atoms with Gasteiger partial charge in [-0.15, -0.1) is 11.3 Å². The van der Waals surface area contributed by atoms with Crippen molar-refractivity contribution in [3.63, 3.8) is 0 Å². The molecule has 0 spiro atoms. The Morgan fingerprint density at radius 1 is 1.03 bits per heavy atom. The second-order valence-electron chi connectivity index (χ2n) is 7.00. The lowest BCUT2D eigenvalue weighted by Gasteiger charge is -2.11. The van der Waals surface area contributed by atoms with Gasteiger partial charge in [-0.2, -0.15) is 0 Å². The first kappa shape index (κ1) is 19.8. The van der Waals surface area contributed by atoms with E-state index in [1.807, 2.05) is 44.2 Å². The van der Waals surface area contributed by atoms with Gasteiger partial charge in [0.1, 0.15) is 28.7 Å². The van der Waals surface area contributed by atoms with Crippen LogP contribution >= 0.6 is 11.3 Å². The molecule has 6 nitrogen and oxygen atoms in total. The largest absolute Gasteiger partial charge is 0.457 e. The van der Waals surface area contributed by atoms with Gasteiger partial charge in [-0.1, -0.05) is 18.2 Å². The van der Waals surface area contributed by atoms with Crippen LogP contribution in [0.4, 0.5) is 5.69 Å². The fourth-order valence-electron chi connectivity index (χ4n) is 3.19. The molecule has 152 valence electrons. The smallest absolute Gasteiger partial charge is 0.263 e. The van der Waals surface area contributed by atoms with E-state index in [-0.39, 0.29) is 18.0 Å². The summed E-state index contributed by atoms with van der Waals surface area (Å²) in [6.07, 6.45) is 0. The highest BCUT2D eigenvalue weighted by Crippen LogP contribution is 2.26. The van der Waals surface area contributed by atoms with Crippen LogP contribution < -0.4 is 15.6 Å². The van der Waals surface area contributed by atoms with Crippen LogP contribution in [-0.2, 0) is 11.3 Å². The van der Waals surface area contributed by atoms with Crippen molar-refractivity contribution in [3.05, 3.63) is 81.2 Å². The highest BCUT2D eigenvalue weighted by molar-refractivity contribution is 7.18. The number of anilines is 1. The lowest BCUT2D eigenvalue weighted by atomic mass is 10.2. The van der Waals surface area contributed by atoms with Crippen molar-refractivity contribution in [1.82, 2.24) is 9.55 Å². The Hall–Kier alpha value is -3.45. The fraction of sp³-hybridized carbons (Fsp3) is 0.174. The Balaban J connectivity index is 1.48. The zero-order valence-corrected chi connectivity index (χ0v) is 17.7. The zero-order valence-electron chi connectivity index (χ0n) is 16.9. The molecule has 2 heterocycles. The van der Waals surface area contributed by atoms with E-state index >= 15 is 0 Å². The molecule has 0 fully saturated rings. The molecule has 0 aliphatic rings. The number of nitrogens with zero attached hydrogens (tertiary/aromatic N) is 2. The van der Waals surface area contributed by atoms with Crippen molar-refractivity contribution in [1.29, 1.82) is 0 Å². The third-order valence-electron chi connectivity index (χ3n) is 4.90. The number of rotatable bonds is 5. The number of thiophene rings is 1. The first-order valence-corrected chi connectivity index (χ1v) is 10.3. The summed E-state index contributed by atoms with van der Waals surface area (Å²) in [5.41, 5.74) is 1.37. The van der Waals surface area contributed by atoms with Gasteiger partial charge in [0, 0.05) is 10.6 Å². The number of para-hydroxylation sites is 1. The second-order valence-corrected chi connectivity index (χ2v) is 8.20. The summed E-state index contributed by atoms with van der Waals surface area (Å²) in [7, 11) is 0. The standard InChI is InChI=1S/C23H21N3O3S/c1-14-15(2)30-22-21(14)23(28)26(16(3)24-22)13-20(27)25-17-9-11-19(12-10-17)29-18-7-5-4-6-8-18/h4-12H,13H2,1-3H3,(H,25,27). The highest BCUT2D eigenvalue weighted by atomic mass is 32.1. The molecule has 0 aliphatic carbocycles. The van der Waals surface area contributed by atoms with Crippen LogP contribution in [0.25, 0.3) is 10.2 Å². The lowest BCUT2D eigenvalue weighted by Crippen LogP contribution is -2.30. The van der Waals surface area contributed by atoms with Crippen LogP contribution in [0.5, 0.6) is 11.5 Å². The van der Waals surface area contributed by atoms with E-state index in [0.29, 0.717) is 22.6 Å². The van der Waals surface area contributed by atoms with Crippen molar-refractivity contribution in [2.75, 3.05) is 5.32 Å². The Bertz CT molecular complexity index is 1280. The van der Waals surface area contributed by atoms with E-state index in [0.717, 1.165) is 21.0 Å². The van der Waals surface area contributed by atoms with Crippen molar-refractivity contribution in [2.45, 2.75) is 27.3 Å². The number of carbonyl (C=O) groups excluding carboxylic acids is 1. The second kappa shape index (κ2) is 8.12. The normalized spacial score (nSPS) is 10.9. The third kappa shape index (κ3) is 3.97. The van der Waals surface area contributed by atoms with Crippen LogP contribution in [0, 0.1) is 20.8 Å². The molecule has 7 heteroatoms. The van der Waals surface area contributed by atoms with Gasteiger partial charge in [0.05, 0.1) is 5.39 Å². The minimum Gasteiger partial charge on any atom is -0.457 e. The number of amides is 1. The van der Waals surface area contributed by atoms with E-state index in [4.69, 9.17) is 4.74 Å². The number of hydrogen-bond donors (Lipinski definition) is 1. The van der Waals surface area contributed by atoms with E-state index in [2.05, 4.69) is 10.3 Å². The summed E-state index contributed by atoms with van der Waals surface area (Å²) in [6.45, 7) is 5.53. The predicted octanol–water partition coefficient (Wildman–Crippen LogP) is 4.81. The average molecular weight is 420 g/mol. The molecular weight excluding hydrogens is 398 g/mol. The fourth-order valence-corrected chi connectivity index (χ4v) is 4.26. The molecule has 0 unspecified atom stereocenters. The maximum absolute atomic E-state index is 12.9. The van der Waals surface area contributed by atoms with Crippen molar-refractivity contribution in [2.24, 2.45) is 0 Å². The first-order chi connectivity index (χ1) is 14.4. The predicted molar refractivity (Wildman–Crippen MR) is 120 cm³/mol. The summed E-state index contributed by atoms with van der Waals surface area (Å²) >= 11 is 1.50. The number of hydrogen-bond acceptors (Lipinski definition) is 5. The molecule has 0 bridgehead atoms. The van der Waals surface area contributed by atoms with E-state index in [1.165, 1.54) is 15.9 Å². The quantitative estimate of drug-likeness (QED) is 0.504. The van der Waals surface area contributed by atoms with Gasteiger partial charge >= 0.3 is 0 Å². The van der Waals surface area contributed by atoms with Crippen LogP contribution in [0.3, 0.4) is 0 Å². The minimum atomic E-state index is -0.289. The molecule has 4 rings (SSSR count). The zero-order chi connectivity index (χ0) is 21.3. The van der Waals surface area contributed by atoms with Crippen LogP contribution in [0.2, 0.25) is 0 Å². The Morgan fingerprint density at radius 3 is 2.40 bits per heavy atom. The Kier molecular flexibility index (Phi) is 5.37. The molecule has 0 saturated heterocycles. The van der Waals surface area contributed by atoms with Crippen LogP contribution in [0.1, 0.15) is 16.3 Å². The molecule has 1 N–H and O–H groups in total. The van der Waals surface area contributed by atoms with Gasteiger partial charge in [0.15, 0.2) is 0 Å². The van der Waals surface area contributed by atoms with Crippen molar-refractivity contribution >= 4 is 33.1 Å². The number of nitrogens with one attached hydrogen (secondary N) is 1. The van der Waals surface area contributed by atoms with Gasteiger partial charge in [-0.3, -0.25) is 14.2 Å². The number of aryl methyl sites for hydroxylation is 3. The van der Waals surface area contributed by atoms with Crippen LogP contribution in [0.15, 0.2) is 59.4 Å². The number of benzene rings is 2. The molecule has 2 aromatic carbocycles. The SMILES string of the molecule is Cc1sc2nc(C)n(CC(=O)Nc3ccc(Oc4ccccc4)cc3)c(=O)c2c1C. The number of aromatic nitrogens is 2. The third-order valence-corrected chi connectivity index (χ3v) is 6.00. The van der Waals surface area contributed by atoms with Gasteiger partial charge in [0.2, 0.25) is 5.91 Å². The number of ether oxygens (including phenoxy) is 1. The maximum Gasteiger partial charge on any atom is 0.263 e. The molecule has 0 aliphatic heterocycles. The van der Waals surface area contributed by atoms with E-state index in [9.17, 15) is 9.59 Å². The van der Waals surface area contributed by atoms with Crippen LogP contribution in [-0.4, -0.2) is 15.5 Å². The van der Waals surface area contributed by atoms with Crippen molar-refractivity contribution < 1.29 is 9.53 Å². The summed E-state index contributed by atoms with van der Waals surface area (Å²) in [5.74, 6) is 1.65. The summed E-state index contributed by atoms with van der Waals surface area (Å²) in [4.78, 5) is 31.8. The molecule has 2 aromatic heterocycles. The topological polar surface area (TPSA) is 73.2 Å². The molecule has 0 atom stereocenters. The van der Waals surface area contributed by atoms with E-state index < -0.39 is 0 Å². The summed E-state index contributed by atoms with van der Waals surface area (Å²) in [5, 5.41) is 3.42. The van der Waals surface area contributed by atoms with Gasteiger partial charge in [0.25, 0.3) is 5.56 Å². The molecule has 1 amide bonds. The van der Waals surface area contributed by atoms with Gasteiger partial charge in [-0.05, 0) is 62.7 Å². The first-order valence-electron chi connectivity index (χ1n) is 9.52. The monoisotopic (exact) mass is 419 g/mol. The molecule has 4 aromatic rings. The Labute approximate surface area is 177 Å². The molecule has 0 saturated carbocycles. The van der Waals surface area contributed by atoms with E-state index in [1.54, 1.807) is 31.2 Å². The summed E-state index contributed by atoms with van der Waals surface area (Å²) in [6, 6.07) is 16.6. The Morgan fingerprint density at radius 2 is 1.70 bits per heavy atom. The van der Waals surface area contributed by atoms with Crippen molar-refractivity contribution in [3.8, 4) is 11.5 Å². The summed E-state index contributed by atoms with van der Waals surface area (Å²) < 4.78 is 7.17. The number of carbonyl (C=O) groups is 1. The highest BCUT2D eigenvalue weighted by Gasteiger charge is 2.16. The maximum atomic E-state index is 12.9. The van der Waals surface area contributed by atoms with Gasteiger partial charge in [-0.25, -0.2) is 4.98 Å². The minimum absolute atomic E-state index is 0.0930. The van der Waals surface area contributed by atoms with Gasteiger partial charge < -0.3 is 10.1 Å². The number of fused-ring (bicyclic) bond motifs is 1. The molecule has 30 heavy (non-hydrogen) atoms. The average Bonchev–Trinajstić information content (AvgIpc) is 3.01. The molecular formula is C23H21N3O3S. The molecule has 0 radical (unpaired) electrons. The lowest BCUT2D eigenvalue weighted by molar-refractivity contribution is -0.116.